The van der Waals surface area contributed by atoms with Crippen LogP contribution >= 0.6 is 0 Å². The maximum atomic E-state index is 6.74. The molecule has 0 amide bonds. The number of nitrogens with two attached hydrogens (primary N) is 2. The second-order valence-corrected chi connectivity index (χ2v) is 6.53. The Morgan fingerprint density at radius 1 is 1.12 bits per heavy atom. The van der Waals surface area contributed by atoms with E-state index in [2.05, 4.69) is 25.7 Å². The molecule has 6 N–H and O–H groups in total. The lowest BCUT2D eigenvalue weighted by atomic mass is 9.78. The molecule has 2 aromatic rings. The van der Waals surface area contributed by atoms with Gasteiger partial charge < -0.3 is 22.2 Å². The van der Waals surface area contributed by atoms with Crippen LogP contribution in [0.2, 0.25) is 0 Å². The van der Waals surface area contributed by atoms with Crippen molar-refractivity contribution in [2.24, 2.45) is 17.4 Å². The van der Waals surface area contributed by atoms with Crippen molar-refractivity contribution >= 4 is 11.6 Å². The zero-order chi connectivity index (χ0) is 16.6. The van der Waals surface area contributed by atoms with Gasteiger partial charge in [0.2, 0.25) is 5.95 Å². The van der Waals surface area contributed by atoms with Crippen molar-refractivity contribution in [3.05, 3.63) is 42.8 Å². The van der Waals surface area contributed by atoms with Gasteiger partial charge in [-0.15, -0.1) is 0 Å². The van der Waals surface area contributed by atoms with Crippen molar-refractivity contribution < 1.29 is 0 Å². The van der Waals surface area contributed by atoms with E-state index in [9.17, 15) is 0 Å². The molecular weight excluding hydrogens is 304 g/mol. The Morgan fingerprint density at radius 3 is 2.62 bits per heavy atom. The Hall–Kier alpha value is -2.45. The van der Waals surface area contributed by atoms with Gasteiger partial charge in [0.1, 0.15) is 5.66 Å². The molecule has 1 fully saturated rings. The summed E-state index contributed by atoms with van der Waals surface area (Å²) < 4.78 is 1.86. The van der Waals surface area contributed by atoms with Gasteiger partial charge in [0.15, 0.2) is 5.82 Å². The van der Waals surface area contributed by atoms with Crippen molar-refractivity contribution in [1.82, 2.24) is 19.6 Å². The fourth-order valence-electron chi connectivity index (χ4n) is 3.52. The first-order valence-corrected chi connectivity index (χ1v) is 8.27. The van der Waals surface area contributed by atoms with E-state index in [1.807, 2.05) is 16.9 Å². The molecule has 1 aliphatic carbocycles. The van der Waals surface area contributed by atoms with Crippen LogP contribution in [0.3, 0.4) is 0 Å². The molecule has 0 radical (unpaired) electrons. The van der Waals surface area contributed by atoms with Gasteiger partial charge >= 0.3 is 0 Å². The molecule has 2 aromatic heterocycles. The number of hydrogen-bond acceptors (Lipinski definition) is 7. The van der Waals surface area contributed by atoms with E-state index in [0.29, 0.717) is 11.9 Å². The van der Waals surface area contributed by atoms with Crippen LogP contribution in [0.4, 0.5) is 5.95 Å². The maximum absolute atomic E-state index is 6.74. The highest BCUT2D eigenvalue weighted by atomic mass is 15.5. The van der Waals surface area contributed by atoms with E-state index in [-0.39, 0.29) is 6.04 Å². The number of imidazole rings is 1. The van der Waals surface area contributed by atoms with Crippen molar-refractivity contribution in [3.63, 3.8) is 0 Å². The number of nitrogens with zero attached hydrogens (tertiary/aromatic N) is 4. The molecule has 0 aromatic carbocycles. The summed E-state index contributed by atoms with van der Waals surface area (Å²) in [5.41, 5.74) is 16.3. The second-order valence-electron chi connectivity index (χ2n) is 6.53. The van der Waals surface area contributed by atoms with Gasteiger partial charge in [-0.1, -0.05) is 0 Å². The Kier molecular flexibility index (Phi) is 3.70. The molecule has 0 saturated heterocycles. The molecular formula is C16H22N8. The topological polar surface area (TPSA) is 120 Å². The molecule has 4 rings (SSSR count). The first kappa shape index (κ1) is 15.1. The van der Waals surface area contributed by atoms with Crippen LogP contribution in [-0.4, -0.2) is 31.3 Å². The van der Waals surface area contributed by atoms with E-state index >= 15 is 0 Å². The van der Waals surface area contributed by atoms with Crippen molar-refractivity contribution in [2.75, 3.05) is 10.7 Å². The van der Waals surface area contributed by atoms with Crippen LogP contribution in [0.1, 0.15) is 31.5 Å². The Balaban J connectivity index is 1.65. The van der Waals surface area contributed by atoms with Crippen LogP contribution < -0.4 is 22.2 Å². The number of rotatable bonds is 3. The fourth-order valence-corrected chi connectivity index (χ4v) is 3.52. The zero-order valence-corrected chi connectivity index (χ0v) is 13.4. The molecule has 1 atom stereocenters. The lowest BCUT2D eigenvalue weighted by Crippen LogP contribution is -2.58. The summed E-state index contributed by atoms with van der Waals surface area (Å²) in [7, 11) is 0. The summed E-state index contributed by atoms with van der Waals surface area (Å²) >= 11 is 0. The van der Waals surface area contributed by atoms with E-state index in [4.69, 9.17) is 11.5 Å². The minimum atomic E-state index is -0.662. The van der Waals surface area contributed by atoms with E-state index in [1.165, 1.54) is 0 Å². The summed E-state index contributed by atoms with van der Waals surface area (Å²) in [5, 5.41) is 3.24. The van der Waals surface area contributed by atoms with Gasteiger partial charge in [-0.3, -0.25) is 0 Å². The average Bonchev–Trinajstić information content (AvgIpc) is 3.04. The number of fused-ring (bicyclic) bond motifs is 1. The first-order valence-electron chi connectivity index (χ1n) is 8.27. The summed E-state index contributed by atoms with van der Waals surface area (Å²) in [6.45, 7) is 0. The Labute approximate surface area is 140 Å². The molecule has 3 heterocycles. The zero-order valence-electron chi connectivity index (χ0n) is 13.4. The number of aromatic nitrogens is 4. The molecule has 1 unspecified atom stereocenters. The van der Waals surface area contributed by atoms with Crippen LogP contribution in [-0.2, 0) is 0 Å². The van der Waals surface area contributed by atoms with Crippen LogP contribution in [0, 0.1) is 5.92 Å². The lowest BCUT2D eigenvalue weighted by Gasteiger charge is -2.42. The Morgan fingerprint density at radius 2 is 1.88 bits per heavy atom. The monoisotopic (exact) mass is 326 g/mol. The standard InChI is InChI=1S/C16H22N8/c17-12-4-2-11(3-5-12)16(18)10-13(14-19-8-9-24(14)23-16)22-15-20-6-1-7-21-15/h1,6-12,23H,2-5,17-18H2,(H,20,21,22). The molecule has 8 heteroatoms. The number of hydrogen-bond donors (Lipinski definition) is 4. The van der Waals surface area contributed by atoms with Gasteiger partial charge in [-0.2, -0.15) is 0 Å². The SMILES string of the molecule is NC1CCC(C2(N)C=C(Nc3ncccn3)c3nccn3N2)CC1. The predicted octanol–water partition coefficient (Wildman–Crippen LogP) is 0.856. The van der Waals surface area contributed by atoms with Gasteiger partial charge in [0, 0.05) is 36.7 Å². The quantitative estimate of drug-likeness (QED) is 0.660. The minimum Gasteiger partial charge on any atom is -0.328 e. The van der Waals surface area contributed by atoms with Crippen LogP contribution in [0.15, 0.2) is 36.9 Å². The van der Waals surface area contributed by atoms with E-state index in [0.717, 1.165) is 37.2 Å². The van der Waals surface area contributed by atoms with Crippen LogP contribution in [0.25, 0.3) is 5.70 Å². The first-order chi connectivity index (χ1) is 11.6. The third-order valence-corrected chi connectivity index (χ3v) is 4.84. The smallest absolute Gasteiger partial charge is 0.227 e. The van der Waals surface area contributed by atoms with Crippen molar-refractivity contribution in [3.8, 4) is 0 Å². The summed E-state index contributed by atoms with van der Waals surface area (Å²) in [5.74, 6) is 1.59. The third kappa shape index (κ3) is 2.74. The molecule has 1 saturated carbocycles. The number of nitrogens with one attached hydrogen (secondary N) is 2. The molecule has 8 nitrogen and oxygen atoms in total. The highest BCUT2D eigenvalue weighted by Gasteiger charge is 2.39. The van der Waals surface area contributed by atoms with Crippen molar-refractivity contribution in [2.45, 2.75) is 37.4 Å². The molecule has 1 aliphatic heterocycles. The Bertz CT molecular complexity index is 732. The molecule has 0 spiro atoms. The lowest BCUT2D eigenvalue weighted by molar-refractivity contribution is 0.239. The van der Waals surface area contributed by atoms with Gasteiger partial charge in [0.05, 0.1) is 5.70 Å². The highest BCUT2D eigenvalue weighted by molar-refractivity contribution is 5.73. The third-order valence-electron chi connectivity index (χ3n) is 4.84. The van der Waals surface area contributed by atoms with Crippen LogP contribution in [0.5, 0.6) is 0 Å². The number of anilines is 1. The molecule has 0 bridgehead atoms. The summed E-state index contributed by atoms with van der Waals surface area (Å²) in [6.07, 6.45) is 13.0. The fraction of sp³-hybridized carbons (Fsp3) is 0.438. The molecule has 24 heavy (non-hydrogen) atoms. The summed E-state index contributed by atoms with van der Waals surface area (Å²) in [4.78, 5) is 12.8. The van der Waals surface area contributed by atoms with Gasteiger partial charge in [0.25, 0.3) is 0 Å². The predicted molar refractivity (Wildman–Crippen MR) is 92.1 cm³/mol. The van der Waals surface area contributed by atoms with Gasteiger partial charge in [-0.25, -0.2) is 19.6 Å². The largest absolute Gasteiger partial charge is 0.328 e. The molecule has 126 valence electrons. The maximum Gasteiger partial charge on any atom is 0.227 e. The summed E-state index contributed by atoms with van der Waals surface area (Å²) in [6, 6.07) is 2.07. The second kappa shape index (κ2) is 5.88. The van der Waals surface area contributed by atoms with Gasteiger partial charge in [-0.05, 0) is 37.8 Å². The average molecular weight is 326 g/mol. The molecule has 2 aliphatic rings. The minimum absolute atomic E-state index is 0.288. The van der Waals surface area contributed by atoms with Crippen molar-refractivity contribution in [1.29, 1.82) is 0 Å². The van der Waals surface area contributed by atoms with E-state index < -0.39 is 5.66 Å². The highest BCUT2D eigenvalue weighted by Crippen LogP contribution is 2.34. The normalized spacial score (nSPS) is 29.3. The van der Waals surface area contributed by atoms with E-state index in [1.54, 1.807) is 24.7 Å².